The first kappa shape index (κ1) is 18.2. The van der Waals surface area contributed by atoms with E-state index in [9.17, 15) is 34.8 Å². The molecule has 4 atom stereocenters. The molecule has 1 saturated carbocycles. The fourth-order valence-corrected chi connectivity index (χ4v) is 4.65. The van der Waals surface area contributed by atoms with Crippen molar-refractivity contribution in [3.63, 3.8) is 0 Å². The number of primary amides is 1. The minimum Gasteiger partial charge on any atom is -0.508 e. The zero-order valence-corrected chi connectivity index (χ0v) is 14.5. The number of carbonyl (C=O) groups is 3. The molecule has 1 fully saturated rings. The van der Waals surface area contributed by atoms with Crippen molar-refractivity contribution in [1.29, 1.82) is 0 Å². The minimum atomic E-state index is -2.67. The number of phenols is 1. The Hall–Kier alpha value is -3.17. The molecule has 1 unspecified atom stereocenters. The number of phenolic OH excluding ortho intramolecular Hbond substituents is 1. The summed E-state index contributed by atoms with van der Waals surface area (Å²) >= 11 is 0. The van der Waals surface area contributed by atoms with Crippen molar-refractivity contribution in [2.45, 2.75) is 24.5 Å². The summed E-state index contributed by atoms with van der Waals surface area (Å²) in [6.07, 6.45) is 0.259. The van der Waals surface area contributed by atoms with E-state index in [0.29, 0.717) is 5.56 Å². The largest absolute Gasteiger partial charge is 0.508 e. The molecular formula is C19H18N2O7. The van der Waals surface area contributed by atoms with Crippen LogP contribution >= 0.6 is 0 Å². The van der Waals surface area contributed by atoms with Gasteiger partial charge in [-0.15, -0.1) is 0 Å². The standard InChI is InChI=1S/C19H18N2O7/c20-13-8-5-7-4-6-2-1-3-9(22)10(6)14(23)11(7)16(25)19(8,28)17(26)12(15(13)24)18(21)27/h1-3,7-8,13,22-23,26,28H,4-5,20H2,(H2,21,27)/t7-,8-,13?,19-/m0/s1. The van der Waals surface area contributed by atoms with E-state index in [0.717, 1.165) is 0 Å². The van der Waals surface area contributed by atoms with Gasteiger partial charge in [-0.1, -0.05) is 12.1 Å². The monoisotopic (exact) mass is 386 g/mol. The average molecular weight is 386 g/mol. The molecule has 1 aromatic carbocycles. The van der Waals surface area contributed by atoms with E-state index < -0.39 is 58.0 Å². The third-order valence-corrected chi connectivity index (χ3v) is 5.99. The van der Waals surface area contributed by atoms with E-state index in [1.807, 2.05) is 0 Å². The number of hydrogen-bond acceptors (Lipinski definition) is 8. The number of Topliss-reactive ketones (excluding diaryl/α,β-unsaturated/α-hetero) is 2. The second-order valence-corrected chi connectivity index (χ2v) is 7.39. The van der Waals surface area contributed by atoms with Gasteiger partial charge in [-0.2, -0.15) is 0 Å². The van der Waals surface area contributed by atoms with Gasteiger partial charge < -0.3 is 31.9 Å². The number of nitrogens with two attached hydrogens (primary N) is 2. The maximum atomic E-state index is 13.2. The number of rotatable bonds is 1. The Balaban J connectivity index is 1.96. The lowest BCUT2D eigenvalue weighted by Crippen LogP contribution is -2.65. The van der Waals surface area contributed by atoms with Gasteiger partial charge in [-0.25, -0.2) is 0 Å². The zero-order chi connectivity index (χ0) is 20.5. The molecule has 0 aliphatic heterocycles. The summed E-state index contributed by atoms with van der Waals surface area (Å²) in [7, 11) is 0. The zero-order valence-electron chi connectivity index (χ0n) is 14.5. The predicted molar refractivity (Wildman–Crippen MR) is 94.7 cm³/mol. The van der Waals surface area contributed by atoms with Gasteiger partial charge in [0.2, 0.25) is 5.78 Å². The van der Waals surface area contributed by atoms with Crippen LogP contribution < -0.4 is 11.5 Å². The lowest BCUT2D eigenvalue weighted by molar-refractivity contribution is -0.149. The predicted octanol–water partition coefficient (Wildman–Crippen LogP) is -0.639. The lowest BCUT2D eigenvalue weighted by atomic mass is 9.58. The molecule has 1 aromatic rings. The van der Waals surface area contributed by atoms with Crippen molar-refractivity contribution in [3.05, 3.63) is 46.2 Å². The molecule has 0 radical (unpaired) electrons. The van der Waals surface area contributed by atoms with Crippen LogP contribution in [0, 0.1) is 11.8 Å². The summed E-state index contributed by atoms with van der Waals surface area (Å²) in [4.78, 5) is 37.2. The number of amides is 1. The minimum absolute atomic E-state index is 0.000260. The van der Waals surface area contributed by atoms with E-state index in [1.165, 1.54) is 6.07 Å². The van der Waals surface area contributed by atoms with E-state index in [2.05, 4.69) is 0 Å². The Morgan fingerprint density at radius 2 is 1.86 bits per heavy atom. The topological polar surface area (TPSA) is 184 Å². The molecule has 9 nitrogen and oxygen atoms in total. The molecule has 8 N–H and O–H groups in total. The van der Waals surface area contributed by atoms with Crippen molar-refractivity contribution in [1.82, 2.24) is 0 Å². The first-order valence-corrected chi connectivity index (χ1v) is 8.65. The lowest BCUT2D eigenvalue weighted by Gasteiger charge is -2.48. The Morgan fingerprint density at radius 1 is 1.18 bits per heavy atom. The number of fused-ring (bicyclic) bond motifs is 3. The average Bonchev–Trinajstić information content (AvgIpc) is 2.62. The van der Waals surface area contributed by atoms with E-state index in [-0.39, 0.29) is 29.7 Å². The number of benzene rings is 1. The Morgan fingerprint density at radius 3 is 2.50 bits per heavy atom. The SMILES string of the molecule is NC(=O)C1=C(O)[C@@]2(O)C(=O)C3=C(O)c4c(O)cccc4C[C@H]3C[C@H]2C(N)C1=O. The number of ketones is 2. The van der Waals surface area contributed by atoms with Gasteiger partial charge in [0.1, 0.15) is 22.8 Å². The van der Waals surface area contributed by atoms with Crippen molar-refractivity contribution >= 4 is 23.2 Å². The first-order valence-electron chi connectivity index (χ1n) is 8.65. The molecule has 3 aliphatic rings. The number of hydrogen-bond donors (Lipinski definition) is 6. The highest BCUT2D eigenvalue weighted by Crippen LogP contribution is 2.51. The highest BCUT2D eigenvalue weighted by atomic mass is 16.3. The molecule has 0 heterocycles. The van der Waals surface area contributed by atoms with E-state index in [1.54, 1.807) is 12.1 Å². The summed E-state index contributed by atoms with van der Waals surface area (Å²) in [5, 5.41) is 42.3. The molecule has 0 aromatic heterocycles. The van der Waals surface area contributed by atoms with Gasteiger partial charge in [0, 0.05) is 11.5 Å². The third kappa shape index (κ3) is 2.05. The van der Waals surface area contributed by atoms with Crippen molar-refractivity contribution in [3.8, 4) is 5.75 Å². The summed E-state index contributed by atoms with van der Waals surface area (Å²) < 4.78 is 0. The third-order valence-electron chi connectivity index (χ3n) is 5.99. The summed E-state index contributed by atoms with van der Waals surface area (Å²) in [5.41, 5.74) is 7.93. The van der Waals surface area contributed by atoms with Crippen molar-refractivity contribution in [2.24, 2.45) is 23.3 Å². The molecule has 4 rings (SSSR count). The Bertz CT molecular complexity index is 1030. The van der Waals surface area contributed by atoms with Crippen LogP contribution in [0.1, 0.15) is 17.5 Å². The van der Waals surface area contributed by atoms with Gasteiger partial charge >= 0.3 is 0 Å². The van der Waals surface area contributed by atoms with Crippen LogP contribution in [0.3, 0.4) is 0 Å². The van der Waals surface area contributed by atoms with Crippen molar-refractivity contribution < 1.29 is 34.8 Å². The normalized spacial score (nSPS) is 32.0. The second kappa shape index (κ2) is 5.66. The fourth-order valence-electron chi connectivity index (χ4n) is 4.65. The van der Waals surface area contributed by atoms with Crippen LogP contribution in [0.2, 0.25) is 0 Å². The summed E-state index contributed by atoms with van der Waals surface area (Å²) in [6.45, 7) is 0. The first-order chi connectivity index (χ1) is 13.1. The van der Waals surface area contributed by atoms with Gasteiger partial charge in [0.05, 0.1) is 11.6 Å². The van der Waals surface area contributed by atoms with Crippen LogP contribution in [-0.4, -0.2) is 49.5 Å². The number of aromatic hydroxyl groups is 1. The van der Waals surface area contributed by atoms with Crippen LogP contribution in [0.4, 0.5) is 0 Å². The second-order valence-electron chi connectivity index (χ2n) is 7.39. The number of aliphatic hydroxyl groups is 3. The van der Waals surface area contributed by atoms with Crippen LogP contribution in [-0.2, 0) is 20.8 Å². The molecule has 1 amide bonds. The van der Waals surface area contributed by atoms with Gasteiger partial charge in [0.25, 0.3) is 5.91 Å². The molecule has 3 aliphatic carbocycles. The Kier molecular flexibility index (Phi) is 3.68. The molecule has 0 bridgehead atoms. The quantitative estimate of drug-likeness (QED) is 0.344. The summed E-state index contributed by atoms with van der Waals surface area (Å²) in [5.74, 6) is -7.02. The molecule has 9 heteroatoms. The van der Waals surface area contributed by atoms with Crippen LogP contribution in [0.15, 0.2) is 35.1 Å². The maximum Gasteiger partial charge on any atom is 0.255 e. The highest BCUT2D eigenvalue weighted by Gasteiger charge is 2.62. The molecular weight excluding hydrogens is 368 g/mol. The van der Waals surface area contributed by atoms with Crippen LogP contribution in [0.25, 0.3) is 5.76 Å². The van der Waals surface area contributed by atoms with Gasteiger partial charge in [-0.3, -0.25) is 14.4 Å². The van der Waals surface area contributed by atoms with E-state index >= 15 is 0 Å². The maximum absolute atomic E-state index is 13.2. The van der Waals surface area contributed by atoms with Crippen molar-refractivity contribution in [2.75, 3.05) is 0 Å². The fraction of sp³-hybridized carbons (Fsp3) is 0.316. The van der Waals surface area contributed by atoms with Gasteiger partial charge in [0.15, 0.2) is 11.4 Å². The summed E-state index contributed by atoms with van der Waals surface area (Å²) in [6, 6.07) is 3.19. The number of carbonyl (C=O) groups excluding carboxylic acids is 3. The molecule has 0 spiro atoms. The molecule has 146 valence electrons. The smallest absolute Gasteiger partial charge is 0.255 e. The van der Waals surface area contributed by atoms with E-state index in [4.69, 9.17) is 11.5 Å². The molecule has 0 saturated heterocycles. The van der Waals surface area contributed by atoms with Crippen LogP contribution in [0.5, 0.6) is 5.75 Å². The highest BCUT2D eigenvalue weighted by molar-refractivity contribution is 6.24. The number of aliphatic hydroxyl groups excluding tert-OH is 2. The molecule has 28 heavy (non-hydrogen) atoms. The van der Waals surface area contributed by atoms with Gasteiger partial charge in [-0.05, 0) is 30.4 Å². The Labute approximate surface area is 158 Å².